The van der Waals surface area contributed by atoms with Crippen molar-refractivity contribution in [1.82, 2.24) is 5.01 Å². The van der Waals surface area contributed by atoms with Crippen LogP contribution in [0.5, 0.6) is 5.75 Å². The molecule has 5 rings (SSSR count). The molecule has 2 aromatic rings. The Morgan fingerprint density at radius 2 is 1.73 bits per heavy atom. The van der Waals surface area contributed by atoms with Crippen molar-refractivity contribution in [3.63, 3.8) is 0 Å². The van der Waals surface area contributed by atoms with E-state index in [9.17, 15) is 4.79 Å². The zero-order valence-electron chi connectivity index (χ0n) is 26.0. The molecule has 9 heteroatoms. The van der Waals surface area contributed by atoms with Crippen LogP contribution in [0.25, 0.3) is 11.1 Å². The second-order valence-electron chi connectivity index (χ2n) is 12.2. The molecule has 1 heterocycles. The van der Waals surface area contributed by atoms with Gasteiger partial charge in [0, 0.05) is 49.2 Å². The van der Waals surface area contributed by atoms with Crippen LogP contribution in [-0.4, -0.2) is 49.2 Å². The maximum atomic E-state index is 12.7. The third-order valence-electron chi connectivity index (χ3n) is 9.23. The van der Waals surface area contributed by atoms with Crippen LogP contribution in [0, 0.1) is 17.8 Å². The minimum Gasteiger partial charge on any atom is -0.490 e. The summed E-state index contributed by atoms with van der Waals surface area (Å²) in [6, 6.07) is 16.3. The van der Waals surface area contributed by atoms with Gasteiger partial charge in [0.1, 0.15) is 5.75 Å². The van der Waals surface area contributed by atoms with Crippen LogP contribution in [0.2, 0.25) is 0 Å². The van der Waals surface area contributed by atoms with Gasteiger partial charge in [-0.3, -0.25) is 4.99 Å². The summed E-state index contributed by atoms with van der Waals surface area (Å²) in [7, 11) is 1.34. The highest BCUT2D eigenvalue weighted by Gasteiger charge is 2.45. The Morgan fingerprint density at radius 1 is 1.02 bits per heavy atom. The number of carbonyl (C=O) groups is 1. The van der Waals surface area contributed by atoms with Gasteiger partial charge >= 0.3 is 5.97 Å². The first-order chi connectivity index (χ1) is 21.4. The Bertz CT molecular complexity index is 1380. The van der Waals surface area contributed by atoms with E-state index in [1.807, 2.05) is 36.5 Å². The van der Waals surface area contributed by atoms with Crippen LogP contribution in [0.3, 0.4) is 0 Å². The average Bonchev–Trinajstić information content (AvgIpc) is 3.87. The maximum Gasteiger partial charge on any atom is 0.341 e. The number of hydrogen-bond donors (Lipinski definition) is 3. The molecule has 2 saturated carbocycles. The SMILES string of the molecule is COC(=O)C(=CN)C(=Nc1cccc(-c2cccc(OC(C)C3CCCCC3)c2)c1)[C@@H]1CC1/C(N)=C/N(N)C1CCOCC1. The zero-order chi connectivity index (χ0) is 31.1. The van der Waals surface area contributed by atoms with E-state index >= 15 is 0 Å². The Morgan fingerprint density at radius 3 is 2.43 bits per heavy atom. The van der Waals surface area contributed by atoms with Gasteiger partial charge in [-0.1, -0.05) is 43.5 Å². The monoisotopic (exact) mass is 601 g/mol. The van der Waals surface area contributed by atoms with E-state index in [4.69, 9.17) is 36.5 Å². The number of nitrogens with two attached hydrogens (primary N) is 3. The highest BCUT2D eigenvalue weighted by molar-refractivity contribution is 6.22. The maximum absolute atomic E-state index is 12.7. The van der Waals surface area contributed by atoms with Gasteiger partial charge in [-0.2, -0.15) is 0 Å². The molecule has 2 aliphatic carbocycles. The van der Waals surface area contributed by atoms with E-state index in [-0.39, 0.29) is 29.6 Å². The summed E-state index contributed by atoms with van der Waals surface area (Å²) in [6.45, 7) is 3.57. The third kappa shape index (κ3) is 7.81. The number of carbonyl (C=O) groups excluding carboxylic acids is 1. The van der Waals surface area contributed by atoms with Crippen molar-refractivity contribution in [2.45, 2.75) is 70.4 Å². The molecule has 1 aliphatic heterocycles. The van der Waals surface area contributed by atoms with Crippen molar-refractivity contribution < 1.29 is 19.0 Å². The second-order valence-corrected chi connectivity index (χ2v) is 12.2. The predicted octanol–water partition coefficient (Wildman–Crippen LogP) is 5.58. The normalized spacial score (nSPS) is 22.8. The topological polar surface area (TPSA) is 138 Å². The van der Waals surface area contributed by atoms with Crippen LogP contribution in [0.15, 0.2) is 77.2 Å². The van der Waals surface area contributed by atoms with Crippen LogP contribution in [0.4, 0.5) is 5.69 Å². The fourth-order valence-electron chi connectivity index (χ4n) is 6.49. The Hall–Kier alpha value is -3.82. The molecule has 236 valence electrons. The van der Waals surface area contributed by atoms with Gasteiger partial charge in [0.05, 0.1) is 30.2 Å². The molecule has 2 aromatic carbocycles. The van der Waals surface area contributed by atoms with Gasteiger partial charge < -0.3 is 30.7 Å². The number of benzene rings is 2. The van der Waals surface area contributed by atoms with Crippen molar-refractivity contribution in [3.8, 4) is 16.9 Å². The van der Waals surface area contributed by atoms with Crippen molar-refractivity contribution in [2.75, 3.05) is 20.3 Å². The van der Waals surface area contributed by atoms with E-state index < -0.39 is 5.97 Å². The molecule has 3 fully saturated rings. The Balaban J connectivity index is 1.36. The van der Waals surface area contributed by atoms with Crippen LogP contribution in [0.1, 0.15) is 58.3 Å². The van der Waals surface area contributed by atoms with Gasteiger partial charge in [-0.05, 0) is 80.3 Å². The van der Waals surface area contributed by atoms with Crippen molar-refractivity contribution in [2.24, 2.45) is 40.1 Å². The van der Waals surface area contributed by atoms with Gasteiger partial charge in [0.2, 0.25) is 0 Å². The molecule has 3 atom stereocenters. The lowest BCUT2D eigenvalue weighted by atomic mass is 9.86. The quantitative estimate of drug-likeness (QED) is 0.0998. The third-order valence-corrected chi connectivity index (χ3v) is 9.23. The minimum atomic E-state index is -0.532. The van der Waals surface area contributed by atoms with Gasteiger partial charge in [-0.15, -0.1) is 0 Å². The molecule has 44 heavy (non-hydrogen) atoms. The first-order valence-electron chi connectivity index (χ1n) is 15.9. The minimum absolute atomic E-state index is 0.0117. The summed E-state index contributed by atoms with van der Waals surface area (Å²) in [6.07, 6.45) is 12.1. The number of esters is 1. The highest BCUT2D eigenvalue weighted by atomic mass is 16.5. The van der Waals surface area contributed by atoms with Crippen molar-refractivity contribution >= 4 is 17.4 Å². The lowest BCUT2D eigenvalue weighted by molar-refractivity contribution is -0.135. The largest absolute Gasteiger partial charge is 0.490 e. The number of nitrogens with zero attached hydrogens (tertiary/aromatic N) is 2. The number of hydrogen-bond acceptors (Lipinski definition) is 9. The summed E-state index contributed by atoms with van der Waals surface area (Å²) >= 11 is 0. The highest BCUT2D eigenvalue weighted by Crippen LogP contribution is 2.46. The van der Waals surface area contributed by atoms with Crippen LogP contribution < -0.4 is 22.0 Å². The summed E-state index contributed by atoms with van der Waals surface area (Å²) in [5, 5.41) is 1.70. The standard InChI is InChI=1S/C35H47N5O4/c1-23(24-8-4-3-5-9-24)44-29-13-7-11-26(19-29)25-10-6-12-27(18-25)39-34(32(21-36)35(41)42-2)31-20-30(31)33(37)22-40(38)28-14-16-43-17-15-28/h6-7,10-13,18-19,21-24,28,30-31H,3-5,8-9,14-17,20,36-38H2,1-2H3/b32-21?,33-22-,39-34?/t23?,30?,31-/m1/s1. The Kier molecular flexibility index (Phi) is 10.6. The smallest absolute Gasteiger partial charge is 0.341 e. The summed E-state index contributed by atoms with van der Waals surface area (Å²) in [5.41, 5.74) is 16.7. The van der Waals surface area contributed by atoms with E-state index in [1.165, 1.54) is 45.4 Å². The molecule has 6 N–H and O–H groups in total. The molecular weight excluding hydrogens is 554 g/mol. The Labute approximate surface area is 261 Å². The zero-order valence-corrected chi connectivity index (χ0v) is 26.0. The van der Waals surface area contributed by atoms with Crippen molar-refractivity contribution in [3.05, 3.63) is 72.2 Å². The number of allylic oxidation sites excluding steroid dienone is 1. The molecule has 0 spiro atoms. The number of methoxy groups -OCH3 is 1. The van der Waals surface area contributed by atoms with E-state index in [0.717, 1.165) is 36.1 Å². The molecule has 9 nitrogen and oxygen atoms in total. The summed E-state index contributed by atoms with van der Waals surface area (Å²) < 4.78 is 16.9. The summed E-state index contributed by atoms with van der Waals surface area (Å²) in [5.74, 6) is 7.18. The van der Waals surface area contributed by atoms with Gasteiger partial charge in [0.25, 0.3) is 0 Å². The molecular formula is C35H47N5O4. The second kappa shape index (κ2) is 14.8. The number of rotatable bonds is 11. The molecule has 0 aromatic heterocycles. The molecule has 3 aliphatic rings. The van der Waals surface area contributed by atoms with Crippen LogP contribution >= 0.6 is 0 Å². The molecule has 0 amide bonds. The molecule has 0 radical (unpaired) electrons. The predicted molar refractivity (Wildman–Crippen MR) is 174 cm³/mol. The number of ether oxygens (including phenoxy) is 3. The van der Waals surface area contributed by atoms with E-state index in [0.29, 0.717) is 36.2 Å². The van der Waals surface area contributed by atoms with Crippen LogP contribution in [-0.2, 0) is 14.3 Å². The average molecular weight is 602 g/mol. The number of aliphatic imine (C=N–C) groups is 1. The molecule has 1 saturated heterocycles. The first kappa shape index (κ1) is 31.6. The molecule has 2 unspecified atom stereocenters. The fraction of sp³-hybridized carbons (Fsp3) is 0.486. The number of hydrazine groups is 1. The van der Waals surface area contributed by atoms with Gasteiger partial charge in [0.15, 0.2) is 0 Å². The fourth-order valence-corrected chi connectivity index (χ4v) is 6.49. The van der Waals surface area contributed by atoms with E-state index in [2.05, 4.69) is 25.1 Å². The lowest BCUT2D eigenvalue weighted by Crippen LogP contribution is -2.41. The lowest BCUT2D eigenvalue weighted by Gasteiger charge is -2.30. The molecule has 0 bridgehead atoms. The van der Waals surface area contributed by atoms with Crippen molar-refractivity contribution in [1.29, 1.82) is 0 Å². The van der Waals surface area contributed by atoms with E-state index in [1.54, 1.807) is 5.01 Å². The van der Waals surface area contributed by atoms with Gasteiger partial charge in [-0.25, -0.2) is 10.6 Å². The first-order valence-corrected chi connectivity index (χ1v) is 15.9. The summed E-state index contributed by atoms with van der Waals surface area (Å²) in [4.78, 5) is 17.7.